The molecule has 4 nitrogen and oxygen atoms in total. The molecule has 1 aliphatic heterocycles. The Kier molecular flexibility index (Phi) is 7.49. The van der Waals surface area contributed by atoms with Crippen LogP contribution in [0.4, 0.5) is 4.39 Å². The van der Waals surface area contributed by atoms with Crippen molar-refractivity contribution in [2.45, 2.75) is 111 Å². The van der Waals surface area contributed by atoms with Crippen molar-refractivity contribution in [3.05, 3.63) is 0 Å². The van der Waals surface area contributed by atoms with Crippen LogP contribution in [0.1, 0.15) is 92.9 Å². The Bertz CT molecular complexity index is 742. The van der Waals surface area contributed by atoms with Gasteiger partial charge in [0.15, 0.2) is 0 Å². The average Bonchev–Trinajstić information content (AvgIpc) is 3.10. The van der Waals surface area contributed by atoms with Gasteiger partial charge in [0.05, 0.1) is 24.7 Å². The SMILES string of the molecule is CC[C@@H](C(C)C)[C@H](O)[C@@H](O)[C@@H](C)[C@H]1CCC2C3COC(=O)C4C[C@H](F)CC[C@]4(C)C3CC[C@@]21C. The van der Waals surface area contributed by atoms with E-state index in [0.717, 1.165) is 38.5 Å². The fourth-order valence-electron chi connectivity index (χ4n) is 9.53. The molecule has 4 fully saturated rings. The van der Waals surface area contributed by atoms with Gasteiger partial charge < -0.3 is 14.9 Å². The summed E-state index contributed by atoms with van der Waals surface area (Å²) in [5, 5.41) is 22.3. The second kappa shape index (κ2) is 9.65. The van der Waals surface area contributed by atoms with Gasteiger partial charge in [-0.3, -0.25) is 4.79 Å². The summed E-state index contributed by atoms with van der Waals surface area (Å²) >= 11 is 0. The minimum atomic E-state index is -0.890. The van der Waals surface area contributed by atoms with Crippen LogP contribution in [0.15, 0.2) is 0 Å². The number of ether oxygens (including phenoxy) is 1. The maximum Gasteiger partial charge on any atom is 0.309 e. The highest BCUT2D eigenvalue weighted by molar-refractivity contribution is 5.74. The Morgan fingerprint density at radius 1 is 1.00 bits per heavy atom. The summed E-state index contributed by atoms with van der Waals surface area (Å²) in [5.41, 5.74) is -0.103. The monoisotopic (exact) mass is 480 g/mol. The molecule has 5 heteroatoms. The highest BCUT2D eigenvalue weighted by Gasteiger charge is 2.62. The largest absolute Gasteiger partial charge is 0.465 e. The lowest BCUT2D eigenvalue weighted by Crippen LogP contribution is -2.52. The minimum Gasteiger partial charge on any atom is -0.465 e. The summed E-state index contributed by atoms with van der Waals surface area (Å²) in [6.07, 6.45) is 4.46. The number of fused-ring (bicyclic) bond motifs is 5. The average molecular weight is 481 g/mol. The predicted octanol–water partition coefficient (Wildman–Crippen LogP) is 5.79. The molecule has 0 aromatic rings. The zero-order chi connectivity index (χ0) is 25.0. The molecule has 0 radical (unpaired) electrons. The highest BCUT2D eigenvalue weighted by Crippen LogP contribution is 2.66. The van der Waals surface area contributed by atoms with Crippen LogP contribution in [-0.2, 0) is 9.53 Å². The number of aliphatic hydroxyl groups excluding tert-OH is 2. The third-order valence-electron chi connectivity index (χ3n) is 11.6. The topological polar surface area (TPSA) is 66.8 Å². The smallest absolute Gasteiger partial charge is 0.309 e. The molecule has 0 bridgehead atoms. The van der Waals surface area contributed by atoms with Crippen LogP contribution in [0, 0.1) is 58.2 Å². The standard InChI is InChI=1S/C29H49FO4/c1-7-19(16(2)3)26(32)25(31)17(4)21-8-9-22-20-15-34-27(33)24-14-18(30)10-12-29(24,6)23(20)11-13-28(21,22)5/h16-26,31-32H,7-15H2,1-6H3/t17-,18+,19-,20?,21+,22?,23?,24?,25-,26-,28+,29+/m0/s1. The fraction of sp³-hybridized carbons (Fsp3) is 0.966. The molecule has 1 saturated heterocycles. The quantitative estimate of drug-likeness (QED) is 0.473. The molecule has 0 amide bonds. The van der Waals surface area contributed by atoms with Crippen LogP contribution >= 0.6 is 0 Å². The van der Waals surface area contributed by atoms with E-state index in [9.17, 15) is 19.4 Å². The normalized spacial score (nSPS) is 45.9. The van der Waals surface area contributed by atoms with E-state index in [0.29, 0.717) is 49.0 Å². The molecular weight excluding hydrogens is 431 g/mol. The number of rotatable bonds is 6. The molecule has 3 aliphatic carbocycles. The van der Waals surface area contributed by atoms with Crippen LogP contribution in [-0.4, -0.2) is 41.2 Å². The predicted molar refractivity (Wildman–Crippen MR) is 132 cm³/mol. The van der Waals surface area contributed by atoms with E-state index in [1.165, 1.54) is 0 Å². The van der Waals surface area contributed by atoms with Gasteiger partial charge in [0.2, 0.25) is 0 Å². The van der Waals surface area contributed by atoms with Crippen LogP contribution in [0.3, 0.4) is 0 Å². The van der Waals surface area contributed by atoms with E-state index in [1.807, 2.05) is 0 Å². The first kappa shape index (κ1) is 26.4. The summed E-state index contributed by atoms with van der Waals surface area (Å²) in [6.45, 7) is 13.6. The molecule has 0 spiro atoms. The summed E-state index contributed by atoms with van der Waals surface area (Å²) in [7, 11) is 0. The molecule has 196 valence electrons. The van der Waals surface area contributed by atoms with Crippen LogP contribution in [0.5, 0.6) is 0 Å². The Morgan fingerprint density at radius 2 is 1.65 bits per heavy atom. The van der Waals surface area contributed by atoms with E-state index in [2.05, 4.69) is 41.5 Å². The van der Waals surface area contributed by atoms with Gasteiger partial charge in [-0.15, -0.1) is 0 Å². The third-order valence-corrected chi connectivity index (χ3v) is 11.6. The highest BCUT2D eigenvalue weighted by atomic mass is 19.1. The van der Waals surface area contributed by atoms with Crippen LogP contribution < -0.4 is 0 Å². The van der Waals surface area contributed by atoms with Crippen molar-refractivity contribution in [3.63, 3.8) is 0 Å². The first-order chi connectivity index (χ1) is 16.0. The number of alkyl halides is 1. The summed E-state index contributed by atoms with van der Waals surface area (Å²) < 4.78 is 20.2. The maximum absolute atomic E-state index is 14.3. The second-order valence-electron chi connectivity index (χ2n) is 13.3. The van der Waals surface area contributed by atoms with Crippen molar-refractivity contribution < 1.29 is 24.1 Å². The van der Waals surface area contributed by atoms with Crippen molar-refractivity contribution >= 4 is 5.97 Å². The number of carbonyl (C=O) groups excluding carboxylic acids is 1. The molecule has 2 N–H and O–H groups in total. The maximum atomic E-state index is 14.3. The summed E-state index contributed by atoms with van der Waals surface area (Å²) in [5.74, 6) is 1.45. The van der Waals surface area contributed by atoms with Crippen molar-refractivity contribution in [1.29, 1.82) is 0 Å². The molecule has 0 aromatic heterocycles. The van der Waals surface area contributed by atoms with E-state index < -0.39 is 18.4 Å². The summed E-state index contributed by atoms with van der Waals surface area (Å²) in [6, 6.07) is 0. The van der Waals surface area contributed by atoms with Crippen LogP contribution in [0.2, 0.25) is 0 Å². The Morgan fingerprint density at radius 3 is 2.29 bits per heavy atom. The number of cyclic esters (lactones) is 1. The van der Waals surface area contributed by atoms with Gasteiger partial charge in [-0.25, -0.2) is 4.39 Å². The van der Waals surface area contributed by atoms with Crippen molar-refractivity contribution in [3.8, 4) is 0 Å². The Hall–Kier alpha value is -0.680. The molecule has 1 heterocycles. The number of aliphatic hydroxyl groups is 2. The first-order valence-corrected chi connectivity index (χ1v) is 14.1. The lowest BCUT2D eigenvalue weighted by Gasteiger charge is -2.55. The number of halogens is 1. The molecule has 4 rings (SSSR count). The van der Waals surface area contributed by atoms with E-state index in [-0.39, 0.29) is 34.6 Å². The van der Waals surface area contributed by atoms with Gasteiger partial charge in [0.1, 0.15) is 6.17 Å². The van der Waals surface area contributed by atoms with Crippen LogP contribution in [0.25, 0.3) is 0 Å². The Labute approximate surface area is 206 Å². The summed E-state index contributed by atoms with van der Waals surface area (Å²) in [4.78, 5) is 12.9. The molecule has 3 saturated carbocycles. The van der Waals surface area contributed by atoms with Gasteiger partial charge in [0, 0.05) is 0 Å². The fourth-order valence-corrected chi connectivity index (χ4v) is 9.53. The Balaban J connectivity index is 1.56. The molecule has 34 heavy (non-hydrogen) atoms. The van der Waals surface area contributed by atoms with Crippen molar-refractivity contribution in [2.24, 2.45) is 58.2 Å². The minimum absolute atomic E-state index is 0.0213. The number of hydrogen-bond donors (Lipinski definition) is 2. The van der Waals surface area contributed by atoms with Gasteiger partial charge in [-0.05, 0) is 97.2 Å². The molecule has 12 atom stereocenters. The third kappa shape index (κ3) is 4.15. The second-order valence-corrected chi connectivity index (χ2v) is 13.3. The molecule has 4 unspecified atom stereocenters. The molecular formula is C29H49FO4. The lowest BCUT2D eigenvalue weighted by atomic mass is 9.48. The van der Waals surface area contributed by atoms with Gasteiger partial charge in [-0.1, -0.05) is 48.0 Å². The van der Waals surface area contributed by atoms with Gasteiger partial charge in [-0.2, -0.15) is 0 Å². The zero-order valence-electron chi connectivity index (χ0n) is 22.3. The van der Waals surface area contributed by atoms with E-state index in [4.69, 9.17) is 4.74 Å². The number of carbonyl (C=O) groups is 1. The number of esters is 1. The van der Waals surface area contributed by atoms with Crippen molar-refractivity contribution in [2.75, 3.05) is 6.61 Å². The zero-order valence-corrected chi connectivity index (χ0v) is 22.3. The number of hydrogen-bond acceptors (Lipinski definition) is 4. The lowest BCUT2D eigenvalue weighted by molar-refractivity contribution is -0.154. The first-order valence-electron chi connectivity index (χ1n) is 14.1. The van der Waals surface area contributed by atoms with E-state index >= 15 is 0 Å². The van der Waals surface area contributed by atoms with Gasteiger partial charge >= 0.3 is 5.97 Å². The molecule has 0 aromatic carbocycles. The van der Waals surface area contributed by atoms with E-state index in [1.54, 1.807) is 0 Å². The van der Waals surface area contributed by atoms with Crippen molar-refractivity contribution in [1.82, 2.24) is 0 Å². The van der Waals surface area contributed by atoms with Gasteiger partial charge in [0.25, 0.3) is 0 Å². The molecule has 4 aliphatic rings.